The SMILES string of the molecule is Cc1ccc(S(=O)(=O)c2nnc(N)s2)cc1. The zero-order valence-corrected chi connectivity index (χ0v) is 10.0. The van der Waals surface area contributed by atoms with Crippen LogP contribution >= 0.6 is 11.3 Å². The van der Waals surface area contributed by atoms with Gasteiger partial charge in [-0.15, -0.1) is 10.2 Å². The molecule has 5 nitrogen and oxygen atoms in total. The minimum Gasteiger partial charge on any atom is -0.374 e. The van der Waals surface area contributed by atoms with E-state index in [0.717, 1.165) is 16.9 Å². The number of anilines is 1. The summed E-state index contributed by atoms with van der Waals surface area (Å²) in [6, 6.07) is 6.55. The maximum absolute atomic E-state index is 12.0. The molecule has 1 heterocycles. The van der Waals surface area contributed by atoms with Gasteiger partial charge in [-0.1, -0.05) is 29.0 Å². The minimum absolute atomic E-state index is 0.0751. The van der Waals surface area contributed by atoms with Crippen LogP contribution in [0.5, 0.6) is 0 Å². The van der Waals surface area contributed by atoms with Gasteiger partial charge >= 0.3 is 0 Å². The third-order valence-corrected chi connectivity index (χ3v) is 4.87. The average molecular weight is 255 g/mol. The Morgan fingerprint density at radius 2 is 1.81 bits per heavy atom. The molecule has 0 saturated carbocycles. The zero-order valence-electron chi connectivity index (χ0n) is 8.41. The molecule has 0 fully saturated rings. The van der Waals surface area contributed by atoms with E-state index in [1.54, 1.807) is 24.3 Å². The van der Waals surface area contributed by atoms with Gasteiger partial charge in [0, 0.05) is 0 Å². The smallest absolute Gasteiger partial charge is 0.239 e. The van der Waals surface area contributed by atoms with Crippen molar-refractivity contribution in [3.63, 3.8) is 0 Å². The highest BCUT2D eigenvalue weighted by atomic mass is 32.2. The van der Waals surface area contributed by atoms with Gasteiger partial charge in [-0.25, -0.2) is 8.42 Å². The van der Waals surface area contributed by atoms with Crippen LogP contribution in [0.2, 0.25) is 0 Å². The number of nitrogens with zero attached hydrogens (tertiary/aromatic N) is 2. The second kappa shape index (κ2) is 3.84. The highest BCUT2D eigenvalue weighted by molar-refractivity contribution is 7.93. The Bertz CT molecular complexity index is 602. The fourth-order valence-corrected chi connectivity index (χ4v) is 3.32. The molecule has 1 aromatic heterocycles. The Morgan fingerprint density at radius 3 is 2.31 bits per heavy atom. The highest BCUT2D eigenvalue weighted by Crippen LogP contribution is 2.24. The predicted molar refractivity (Wildman–Crippen MR) is 61.0 cm³/mol. The summed E-state index contributed by atoms with van der Waals surface area (Å²) in [6.07, 6.45) is 0. The van der Waals surface area contributed by atoms with Crippen molar-refractivity contribution in [3.8, 4) is 0 Å². The van der Waals surface area contributed by atoms with E-state index in [9.17, 15) is 8.42 Å². The van der Waals surface area contributed by atoms with Crippen LogP contribution in [0.15, 0.2) is 33.5 Å². The fraction of sp³-hybridized carbons (Fsp3) is 0.111. The third kappa shape index (κ3) is 1.91. The van der Waals surface area contributed by atoms with Gasteiger partial charge in [0.2, 0.25) is 19.3 Å². The summed E-state index contributed by atoms with van der Waals surface area (Å²) in [5.41, 5.74) is 6.35. The molecule has 0 amide bonds. The summed E-state index contributed by atoms with van der Waals surface area (Å²) in [6.45, 7) is 1.89. The summed E-state index contributed by atoms with van der Waals surface area (Å²) < 4.78 is 23.9. The third-order valence-electron chi connectivity index (χ3n) is 1.98. The molecule has 0 aliphatic carbocycles. The topological polar surface area (TPSA) is 85.9 Å². The first-order chi connectivity index (χ1) is 7.50. The van der Waals surface area contributed by atoms with Crippen LogP contribution in [0.3, 0.4) is 0 Å². The molecule has 0 saturated heterocycles. The molecular formula is C9H9N3O2S2. The van der Waals surface area contributed by atoms with Gasteiger partial charge in [0.15, 0.2) is 0 Å². The Labute approximate surface area is 96.9 Å². The van der Waals surface area contributed by atoms with Crippen LogP contribution in [-0.4, -0.2) is 18.6 Å². The minimum atomic E-state index is -3.57. The molecule has 2 aromatic rings. The van der Waals surface area contributed by atoms with Crippen molar-refractivity contribution in [1.82, 2.24) is 10.2 Å². The largest absolute Gasteiger partial charge is 0.374 e. The van der Waals surface area contributed by atoms with Crippen molar-refractivity contribution in [2.45, 2.75) is 16.2 Å². The number of benzene rings is 1. The average Bonchev–Trinajstić information content (AvgIpc) is 2.66. The van der Waals surface area contributed by atoms with Crippen molar-refractivity contribution in [3.05, 3.63) is 29.8 Å². The van der Waals surface area contributed by atoms with Gasteiger partial charge in [-0.3, -0.25) is 0 Å². The van der Waals surface area contributed by atoms with E-state index in [-0.39, 0.29) is 14.4 Å². The zero-order chi connectivity index (χ0) is 11.8. The molecular weight excluding hydrogens is 246 g/mol. The van der Waals surface area contributed by atoms with E-state index in [1.165, 1.54) is 0 Å². The van der Waals surface area contributed by atoms with Crippen molar-refractivity contribution >= 4 is 26.3 Å². The first-order valence-corrected chi connectivity index (χ1v) is 6.71. The summed E-state index contributed by atoms with van der Waals surface area (Å²) >= 11 is 0.861. The first-order valence-electron chi connectivity index (χ1n) is 4.41. The lowest BCUT2D eigenvalue weighted by molar-refractivity contribution is 0.594. The van der Waals surface area contributed by atoms with Crippen molar-refractivity contribution < 1.29 is 8.42 Å². The summed E-state index contributed by atoms with van der Waals surface area (Å²) in [5, 5.41) is 7.18. The van der Waals surface area contributed by atoms with E-state index < -0.39 is 9.84 Å². The maximum atomic E-state index is 12.0. The van der Waals surface area contributed by atoms with Crippen molar-refractivity contribution in [2.75, 3.05) is 5.73 Å². The molecule has 0 bridgehead atoms. The molecule has 0 spiro atoms. The van der Waals surface area contributed by atoms with E-state index in [4.69, 9.17) is 5.73 Å². The number of rotatable bonds is 2. The Kier molecular flexibility index (Phi) is 2.64. The molecule has 2 rings (SSSR count). The van der Waals surface area contributed by atoms with Crippen LogP contribution < -0.4 is 5.73 Å². The summed E-state index contributed by atoms with van der Waals surface area (Å²) in [5.74, 6) is 0. The summed E-state index contributed by atoms with van der Waals surface area (Å²) in [7, 11) is -3.57. The molecule has 2 N–H and O–H groups in total. The molecule has 1 aromatic carbocycles. The number of aryl methyl sites for hydroxylation is 1. The molecule has 0 aliphatic heterocycles. The van der Waals surface area contributed by atoms with Crippen LogP contribution in [0.4, 0.5) is 5.13 Å². The van der Waals surface area contributed by atoms with Crippen LogP contribution in [-0.2, 0) is 9.84 Å². The molecule has 7 heteroatoms. The number of hydrogen-bond acceptors (Lipinski definition) is 6. The highest BCUT2D eigenvalue weighted by Gasteiger charge is 2.22. The standard InChI is InChI=1S/C9H9N3O2S2/c1-6-2-4-7(5-3-6)16(13,14)9-12-11-8(10)15-9/h2-5H,1H3,(H2,10,11). The lowest BCUT2D eigenvalue weighted by Gasteiger charge is -1.99. The molecule has 0 aliphatic rings. The number of nitrogen functional groups attached to an aromatic ring is 1. The van der Waals surface area contributed by atoms with Crippen LogP contribution in [0.1, 0.15) is 5.56 Å². The van der Waals surface area contributed by atoms with Gasteiger partial charge < -0.3 is 5.73 Å². The number of sulfone groups is 1. The lowest BCUT2D eigenvalue weighted by atomic mass is 10.2. The van der Waals surface area contributed by atoms with E-state index >= 15 is 0 Å². The van der Waals surface area contributed by atoms with E-state index in [1.807, 2.05) is 6.92 Å². The van der Waals surface area contributed by atoms with Crippen LogP contribution in [0, 0.1) is 6.92 Å². The number of nitrogens with two attached hydrogens (primary N) is 1. The molecule has 0 unspecified atom stereocenters. The second-order valence-electron chi connectivity index (χ2n) is 3.22. The second-order valence-corrected chi connectivity index (χ2v) is 6.36. The number of hydrogen-bond donors (Lipinski definition) is 1. The quantitative estimate of drug-likeness (QED) is 0.873. The van der Waals surface area contributed by atoms with Gasteiger partial charge in [-0.05, 0) is 19.1 Å². The Hall–Kier alpha value is -1.47. The Balaban J connectivity index is 2.51. The van der Waals surface area contributed by atoms with Gasteiger partial charge in [0.25, 0.3) is 0 Å². The predicted octanol–water partition coefficient (Wildman–Crippen LogP) is 1.26. The van der Waals surface area contributed by atoms with E-state index in [2.05, 4.69) is 10.2 Å². The lowest BCUT2D eigenvalue weighted by Crippen LogP contribution is -2.01. The maximum Gasteiger partial charge on any atom is 0.239 e. The molecule has 0 atom stereocenters. The van der Waals surface area contributed by atoms with Gasteiger partial charge in [0.1, 0.15) is 0 Å². The molecule has 0 radical (unpaired) electrons. The van der Waals surface area contributed by atoms with Gasteiger partial charge in [0.05, 0.1) is 4.90 Å². The monoisotopic (exact) mass is 255 g/mol. The van der Waals surface area contributed by atoms with E-state index in [0.29, 0.717) is 0 Å². The molecule has 84 valence electrons. The fourth-order valence-electron chi connectivity index (χ4n) is 1.15. The Morgan fingerprint density at radius 1 is 1.19 bits per heavy atom. The first kappa shape index (κ1) is 11.0. The van der Waals surface area contributed by atoms with Crippen LogP contribution in [0.25, 0.3) is 0 Å². The molecule has 16 heavy (non-hydrogen) atoms. The summed E-state index contributed by atoms with van der Waals surface area (Å²) in [4.78, 5) is 0.203. The van der Waals surface area contributed by atoms with Crippen molar-refractivity contribution in [1.29, 1.82) is 0 Å². The van der Waals surface area contributed by atoms with Gasteiger partial charge in [-0.2, -0.15) is 0 Å². The number of aromatic nitrogens is 2. The van der Waals surface area contributed by atoms with Crippen molar-refractivity contribution in [2.24, 2.45) is 0 Å². The normalized spacial score (nSPS) is 11.6.